The minimum absolute atomic E-state index is 0.0406. The topological polar surface area (TPSA) is 98.9 Å². The number of sulfonamides is 1. The Bertz CT molecular complexity index is 887. The van der Waals surface area contributed by atoms with Gasteiger partial charge in [0, 0.05) is 12.1 Å². The molecule has 0 fully saturated rings. The summed E-state index contributed by atoms with van der Waals surface area (Å²) in [6.07, 6.45) is 0. The second-order valence-corrected chi connectivity index (χ2v) is 6.79. The zero-order valence-electron chi connectivity index (χ0n) is 12.7. The maximum Gasteiger partial charge on any atom is 0.269 e. The molecule has 23 heavy (non-hydrogen) atoms. The molecule has 8 nitrogen and oxygen atoms in total. The number of carbonyl (C=O) groups excluding carboxylic acids is 1. The van der Waals surface area contributed by atoms with Gasteiger partial charge in [0.05, 0.1) is 32.0 Å². The van der Waals surface area contributed by atoms with E-state index in [9.17, 15) is 13.2 Å². The van der Waals surface area contributed by atoms with Crippen LogP contribution in [0, 0.1) is 6.92 Å². The predicted molar refractivity (Wildman–Crippen MR) is 77.8 cm³/mol. The van der Waals surface area contributed by atoms with Crippen molar-refractivity contribution in [3.05, 3.63) is 35.2 Å². The molecule has 1 aromatic carbocycles. The number of hydrogen-bond acceptors (Lipinski definition) is 7. The van der Waals surface area contributed by atoms with Crippen LogP contribution in [0.25, 0.3) is 0 Å². The summed E-state index contributed by atoms with van der Waals surface area (Å²) in [6, 6.07) is 4.22. The van der Waals surface area contributed by atoms with Crippen LogP contribution in [0.5, 0.6) is 11.5 Å². The number of aryl methyl sites for hydroxylation is 1. The van der Waals surface area contributed by atoms with Gasteiger partial charge in [0.25, 0.3) is 15.9 Å². The quantitative estimate of drug-likeness (QED) is 0.829. The van der Waals surface area contributed by atoms with E-state index >= 15 is 0 Å². The minimum atomic E-state index is -3.98. The van der Waals surface area contributed by atoms with Crippen LogP contribution in [-0.2, 0) is 16.6 Å². The molecular formula is C14H14N2O6S. The molecular weight excluding hydrogens is 324 g/mol. The Hall–Kier alpha value is -2.55. The maximum absolute atomic E-state index is 12.6. The summed E-state index contributed by atoms with van der Waals surface area (Å²) >= 11 is 0. The number of ether oxygens (including phenoxy) is 2. The Morgan fingerprint density at radius 1 is 1.17 bits per heavy atom. The van der Waals surface area contributed by atoms with Gasteiger partial charge in [-0.05, 0) is 13.0 Å². The molecule has 1 aromatic heterocycles. The molecule has 0 unspecified atom stereocenters. The molecule has 0 bridgehead atoms. The van der Waals surface area contributed by atoms with Crippen molar-refractivity contribution < 1.29 is 27.2 Å². The average Bonchev–Trinajstić information content (AvgIpc) is 3.01. The summed E-state index contributed by atoms with van der Waals surface area (Å²) in [5.74, 6) is 0.160. The zero-order valence-corrected chi connectivity index (χ0v) is 13.5. The Morgan fingerprint density at radius 2 is 1.83 bits per heavy atom. The molecule has 1 aliphatic heterocycles. The number of amides is 1. The molecule has 0 spiro atoms. The standard InChI is InChI=1S/C14H14N2O6S/c1-8-4-9(22-15-8)7-16-14(17)10-5-11(20-2)12(21-3)6-13(10)23(16,18)19/h4-6H,7H2,1-3H3. The van der Waals surface area contributed by atoms with E-state index in [-0.39, 0.29) is 34.3 Å². The van der Waals surface area contributed by atoms with Crippen molar-refractivity contribution in [1.82, 2.24) is 9.46 Å². The molecule has 1 amide bonds. The van der Waals surface area contributed by atoms with Gasteiger partial charge in [-0.25, -0.2) is 12.7 Å². The molecule has 0 saturated heterocycles. The Morgan fingerprint density at radius 3 is 2.39 bits per heavy atom. The summed E-state index contributed by atoms with van der Waals surface area (Å²) in [7, 11) is -1.18. The van der Waals surface area contributed by atoms with Crippen LogP contribution in [0.2, 0.25) is 0 Å². The molecule has 0 N–H and O–H groups in total. The van der Waals surface area contributed by atoms with E-state index in [1.165, 1.54) is 26.4 Å². The summed E-state index contributed by atoms with van der Waals surface area (Å²) in [5.41, 5.74) is 0.642. The first kappa shape index (κ1) is 15.3. The van der Waals surface area contributed by atoms with Gasteiger partial charge >= 0.3 is 0 Å². The SMILES string of the molecule is COc1cc2c(cc1OC)S(=O)(=O)N(Cc1cc(C)no1)C2=O. The smallest absolute Gasteiger partial charge is 0.269 e. The average molecular weight is 338 g/mol. The molecule has 3 rings (SSSR count). The van der Waals surface area contributed by atoms with Crippen LogP contribution >= 0.6 is 0 Å². The van der Waals surface area contributed by atoms with Crippen LogP contribution in [0.15, 0.2) is 27.6 Å². The van der Waals surface area contributed by atoms with Crippen molar-refractivity contribution in [2.45, 2.75) is 18.4 Å². The molecule has 0 aliphatic carbocycles. The third-order valence-electron chi connectivity index (χ3n) is 3.49. The highest BCUT2D eigenvalue weighted by atomic mass is 32.2. The van der Waals surface area contributed by atoms with Crippen molar-refractivity contribution in [2.24, 2.45) is 0 Å². The van der Waals surface area contributed by atoms with E-state index in [4.69, 9.17) is 14.0 Å². The normalized spacial score (nSPS) is 15.6. The second-order valence-electron chi connectivity index (χ2n) is 4.95. The number of carbonyl (C=O) groups is 1. The fraction of sp³-hybridized carbons (Fsp3) is 0.286. The number of nitrogens with zero attached hydrogens (tertiary/aromatic N) is 2. The van der Waals surface area contributed by atoms with E-state index in [1.54, 1.807) is 13.0 Å². The van der Waals surface area contributed by atoms with E-state index in [0.29, 0.717) is 5.69 Å². The van der Waals surface area contributed by atoms with Crippen LogP contribution in [0.4, 0.5) is 0 Å². The van der Waals surface area contributed by atoms with Crippen LogP contribution < -0.4 is 9.47 Å². The molecule has 2 aromatic rings. The largest absolute Gasteiger partial charge is 0.493 e. The highest BCUT2D eigenvalue weighted by molar-refractivity contribution is 7.90. The van der Waals surface area contributed by atoms with Crippen molar-refractivity contribution in [3.63, 3.8) is 0 Å². The maximum atomic E-state index is 12.6. The van der Waals surface area contributed by atoms with Gasteiger partial charge in [-0.1, -0.05) is 5.16 Å². The van der Waals surface area contributed by atoms with Crippen molar-refractivity contribution >= 4 is 15.9 Å². The van der Waals surface area contributed by atoms with Gasteiger partial charge in [0.2, 0.25) is 0 Å². The van der Waals surface area contributed by atoms with Crippen molar-refractivity contribution in [2.75, 3.05) is 14.2 Å². The van der Waals surface area contributed by atoms with E-state index in [1.807, 2.05) is 0 Å². The summed E-state index contributed by atoms with van der Waals surface area (Å²) in [4.78, 5) is 12.4. The fourth-order valence-electron chi connectivity index (χ4n) is 2.39. The van der Waals surface area contributed by atoms with Crippen molar-refractivity contribution in [1.29, 1.82) is 0 Å². The van der Waals surface area contributed by atoms with Crippen LogP contribution in [-0.4, -0.2) is 38.0 Å². The number of fused-ring (bicyclic) bond motifs is 1. The Kier molecular flexibility index (Phi) is 3.52. The molecule has 9 heteroatoms. The number of benzene rings is 1. The van der Waals surface area contributed by atoms with E-state index < -0.39 is 15.9 Å². The number of hydrogen-bond donors (Lipinski definition) is 0. The molecule has 122 valence electrons. The monoisotopic (exact) mass is 338 g/mol. The lowest BCUT2D eigenvalue weighted by atomic mass is 10.2. The third-order valence-corrected chi connectivity index (χ3v) is 5.26. The fourth-order valence-corrected chi connectivity index (χ4v) is 3.92. The lowest BCUT2D eigenvalue weighted by Crippen LogP contribution is -2.29. The first-order chi connectivity index (χ1) is 10.9. The number of rotatable bonds is 4. The van der Waals surface area contributed by atoms with E-state index in [2.05, 4.69) is 5.16 Å². The molecule has 2 heterocycles. The van der Waals surface area contributed by atoms with Gasteiger partial charge in [0.1, 0.15) is 4.90 Å². The van der Waals surface area contributed by atoms with Gasteiger partial charge in [-0.15, -0.1) is 0 Å². The Balaban J connectivity index is 2.07. The first-order valence-corrected chi connectivity index (χ1v) is 8.07. The van der Waals surface area contributed by atoms with Crippen molar-refractivity contribution in [3.8, 4) is 11.5 Å². The first-order valence-electron chi connectivity index (χ1n) is 6.63. The van der Waals surface area contributed by atoms with Gasteiger partial charge in [-0.2, -0.15) is 0 Å². The second kappa shape index (κ2) is 5.27. The molecule has 0 atom stereocenters. The lowest BCUT2D eigenvalue weighted by Gasteiger charge is -2.12. The molecule has 0 radical (unpaired) electrons. The minimum Gasteiger partial charge on any atom is -0.493 e. The highest BCUT2D eigenvalue weighted by Crippen LogP contribution is 2.39. The van der Waals surface area contributed by atoms with Crippen LogP contribution in [0.1, 0.15) is 21.8 Å². The number of methoxy groups -OCH3 is 2. The summed E-state index contributed by atoms with van der Waals surface area (Å²) in [6.45, 7) is 1.49. The van der Waals surface area contributed by atoms with E-state index in [0.717, 1.165) is 4.31 Å². The molecule has 0 saturated carbocycles. The van der Waals surface area contributed by atoms with Crippen LogP contribution in [0.3, 0.4) is 0 Å². The summed E-state index contributed by atoms with van der Waals surface area (Å²) < 4.78 is 41.2. The molecule has 1 aliphatic rings. The lowest BCUT2D eigenvalue weighted by molar-refractivity contribution is 0.0856. The summed E-state index contributed by atoms with van der Waals surface area (Å²) in [5, 5.41) is 3.69. The Labute approximate surface area is 132 Å². The predicted octanol–water partition coefficient (Wildman–Crippen LogP) is 1.34. The highest BCUT2D eigenvalue weighted by Gasteiger charge is 2.42. The van der Waals surface area contributed by atoms with Gasteiger partial charge in [-0.3, -0.25) is 4.79 Å². The number of aromatic nitrogens is 1. The van der Waals surface area contributed by atoms with Gasteiger partial charge < -0.3 is 14.0 Å². The zero-order chi connectivity index (χ0) is 16.8. The van der Waals surface area contributed by atoms with Gasteiger partial charge in [0.15, 0.2) is 17.3 Å². The third kappa shape index (κ3) is 2.33.